The highest BCUT2D eigenvalue weighted by molar-refractivity contribution is 6.02. The van der Waals surface area contributed by atoms with Crippen molar-refractivity contribution in [1.29, 1.82) is 0 Å². The maximum atomic E-state index is 11.9. The number of anilines is 1. The molecule has 2 amide bonds. The summed E-state index contributed by atoms with van der Waals surface area (Å²) >= 11 is 0. The number of ether oxygens (including phenoxy) is 2. The van der Waals surface area contributed by atoms with E-state index < -0.39 is 0 Å². The van der Waals surface area contributed by atoms with Gasteiger partial charge in [-0.25, -0.2) is 0 Å². The Balaban J connectivity index is 1.35. The largest absolute Gasteiger partial charge is 0.492 e. The first-order chi connectivity index (χ1) is 13.7. The Morgan fingerprint density at radius 3 is 2.32 bits per heavy atom. The summed E-state index contributed by atoms with van der Waals surface area (Å²) < 4.78 is 16.0. The number of carbonyl (C=O) groups is 2. The molecule has 0 aliphatic carbocycles. The van der Waals surface area contributed by atoms with Gasteiger partial charge in [0.2, 0.25) is 0 Å². The van der Waals surface area contributed by atoms with E-state index in [4.69, 9.17) is 13.9 Å². The lowest BCUT2D eigenvalue weighted by Crippen LogP contribution is -2.32. The van der Waals surface area contributed by atoms with Gasteiger partial charge in [-0.05, 0) is 48.5 Å². The first kappa shape index (κ1) is 19.0. The molecule has 0 aliphatic rings. The zero-order valence-corrected chi connectivity index (χ0v) is 15.1. The molecule has 0 saturated carbocycles. The molecule has 1 heterocycles. The minimum Gasteiger partial charge on any atom is -0.492 e. The lowest BCUT2D eigenvalue weighted by Gasteiger charge is -2.09. The minimum atomic E-state index is -0.337. The fraction of sp³-hybridized carbons (Fsp3) is 0.143. The number of nitrogens with one attached hydrogen (secondary N) is 2. The van der Waals surface area contributed by atoms with Crippen molar-refractivity contribution in [1.82, 2.24) is 5.32 Å². The normalized spacial score (nSPS) is 10.1. The molecule has 0 atom stereocenters. The molecule has 0 radical (unpaired) electrons. The van der Waals surface area contributed by atoms with Gasteiger partial charge in [-0.15, -0.1) is 0 Å². The standard InChI is InChI=1S/C21H20N2O5/c24-20(22-12-14-26-17-5-2-1-3-6-17)15-28-18-10-8-16(9-11-18)23-21(25)19-7-4-13-27-19/h1-11,13H,12,14-15H2,(H,22,24)(H,23,25). The van der Waals surface area contributed by atoms with Crippen molar-refractivity contribution in [3.8, 4) is 11.5 Å². The van der Waals surface area contributed by atoms with Gasteiger partial charge in [0, 0.05) is 5.69 Å². The maximum absolute atomic E-state index is 11.9. The SMILES string of the molecule is O=C(COc1ccc(NC(=O)c2ccco2)cc1)NCCOc1ccccc1. The van der Waals surface area contributed by atoms with Gasteiger partial charge in [0.05, 0.1) is 12.8 Å². The van der Waals surface area contributed by atoms with Crippen LogP contribution in [0.2, 0.25) is 0 Å². The van der Waals surface area contributed by atoms with Crippen LogP contribution in [0, 0.1) is 0 Å². The van der Waals surface area contributed by atoms with Crippen LogP contribution in [0.5, 0.6) is 11.5 Å². The fourth-order valence-corrected chi connectivity index (χ4v) is 2.31. The van der Waals surface area contributed by atoms with E-state index in [0.717, 1.165) is 5.75 Å². The van der Waals surface area contributed by atoms with Crippen LogP contribution in [0.3, 0.4) is 0 Å². The van der Waals surface area contributed by atoms with Crippen molar-refractivity contribution in [2.75, 3.05) is 25.1 Å². The zero-order valence-electron chi connectivity index (χ0n) is 15.1. The van der Waals surface area contributed by atoms with Crippen LogP contribution in [-0.2, 0) is 4.79 Å². The first-order valence-corrected chi connectivity index (χ1v) is 8.73. The van der Waals surface area contributed by atoms with E-state index in [1.54, 1.807) is 36.4 Å². The number of rotatable bonds is 9. The van der Waals surface area contributed by atoms with Crippen LogP contribution in [0.4, 0.5) is 5.69 Å². The van der Waals surface area contributed by atoms with Crippen molar-refractivity contribution >= 4 is 17.5 Å². The highest BCUT2D eigenvalue weighted by atomic mass is 16.5. The van der Waals surface area contributed by atoms with E-state index >= 15 is 0 Å². The molecule has 7 nitrogen and oxygen atoms in total. The third-order valence-corrected chi connectivity index (χ3v) is 3.66. The average molecular weight is 380 g/mol. The van der Waals surface area contributed by atoms with E-state index in [1.807, 2.05) is 30.3 Å². The molecule has 2 aromatic carbocycles. The number of hydrogen-bond acceptors (Lipinski definition) is 5. The van der Waals surface area contributed by atoms with Crippen LogP contribution in [0.25, 0.3) is 0 Å². The number of benzene rings is 2. The van der Waals surface area contributed by atoms with E-state index in [0.29, 0.717) is 24.6 Å². The van der Waals surface area contributed by atoms with E-state index in [9.17, 15) is 9.59 Å². The summed E-state index contributed by atoms with van der Waals surface area (Å²) in [6.07, 6.45) is 1.44. The predicted octanol–water partition coefficient (Wildman–Crippen LogP) is 3.11. The lowest BCUT2D eigenvalue weighted by molar-refractivity contribution is -0.123. The second kappa shape index (κ2) is 9.82. The second-order valence-electron chi connectivity index (χ2n) is 5.76. The minimum absolute atomic E-state index is 0.108. The highest BCUT2D eigenvalue weighted by Crippen LogP contribution is 2.16. The van der Waals surface area contributed by atoms with Crippen molar-refractivity contribution in [3.05, 3.63) is 78.8 Å². The molecular formula is C21H20N2O5. The van der Waals surface area contributed by atoms with Crippen LogP contribution < -0.4 is 20.1 Å². The molecule has 7 heteroatoms. The molecule has 1 aromatic heterocycles. The van der Waals surface area contributed by atoms with Gasteiger partial charge < -0.3 is 24.5 Å². The Hall–Kier alpha value is -3.74. The summed E-state index contributed by atoms with van der Waals surface area (Å²) in [5.74, 6) is 0.926. The number of carbonyl (C=O) groups excluding carboxylic acids is 2. The number of hydrogen-bond donors (Lipinski definition) is 2. The zero-order chi connectivity index (χ0) is 19.6. The molecule has 3 rings (SSSR count). The van der Waals surface area contributed by atoms with E-state index in [-0.39, 0.29) is 24.2 Å². The summed E-state index contributed by atoms with van der Waals surface area (Å²) in [5, 5.41) is 5.42. The van der Waals surface area contributed by atoms with Gasteiger partial charge in [-0.3, -0.25) is 9.59 Å². The van der Waals surface area contributed by atoms with Crippen molar-refractivity contribution in [2.24, 2.45) is 0 Å². The van der Waals surface area contributed by atoms with Gasteiger partial charge in [0.15, 0.2) is 12.4 Å². The Labute approximate surface area is 162 Å². The molecule has 28 heavy (non-hydrogen) atoms. The third-order valence-electron chi connectivity index (χ3n) is 3.66. The second-order valence-corrected chi connectivity index (χ2v) is 5.76. The summed E-state index contributed by atoms with van der Waals surface area (Å²) in [5.41, 5.74) is 0.594. The molecule has 0 fully saturated rings. The van der Waals surface area contributed by atoms with Crippen LogP contribution in [-0.4, -0.2) is 31.6 Å². The first-order valence-electron chi connectivity index (χ1n) is 8.73. The van der Waals surface area contributed by atoms with E-state index in [1.165, 1.54) is 6.26 Å². The van der Waals surface area contributed by atoms with Gasteiger partial charge in [-0.1, -0.05) is 18.2 Å². The maximum Gasteiger partial charge on any atom is 0.291 e. The molecular weight excluding hydrogens is 360 g/mol. The third kappa shape index (κ3) is 5.91. The van der Waals surface area contributed by atoms with E-state index in [2.05, 4.69) is 10.6 Å². The van der Waals surface area contributed by atoms with Gasteiger partial charge in [0.25, 0.3) is 11.8 Å². The summed E-state index contributed by atoms with van der Waals surface area (Å²) in [6, 6.07) is 19.3. The Bertz CT molecular complexity index is 877. The Morgan fingerprint density at radius 2 is 1.61 bits per heavy atom. The van der Waals surface area contributed by atoms with Gasteiger partial charge >= 0.3 is 0 Å². The van der Waals surface area contributed by atoms with Crippen molar-refractivity contribution < 1.29 is 23.5 Å². The van der Waals surface area contributed by atoms with Gasteiger partial charge in [0.1, 0.15) is 18.1 Å². The van der Waals surface area contributed by atoms with Crippen molar-refractivity contribution in [2.45, 2.75) is 0 Å². The number of para-hydroxylation sites is 1. The monoisotopic (exact) mass is 380 g/mol. The van der Waals surface area contributed by atoms with Gasteiger partial charge in [-0.2, -0.15) is 0 Å². The molecule has 0 unspecified atom stereocenters. The summed E-state index contributed by atoms with van der Waals surface area (Å²) in [6.45, 7) is 0.651. The molecule has 0 aliphatic heterocycles. The highest BCUT2D eigenvalue weighted by Gasteiger charge is 2.09. The van der Waals surface area contributed by atoms with Crippen LogP contribution in [0.15, 0.2) is 77.4 Å². The molecule has 0 bridgehead atoms. The number of amides is 2. The molecule has 2 N–H and O–H groups in total. The smallest absolute Gasteiger partial charge is 0.291 e. The summed E-state index contributed by atoms with van der Waals surface area (Å²) in [4.78, 5) is 23.7. The Morgan fingerprint density at radius 1 is 0.857 bits per heavy atom. The topological polar surface area (TPSA) is 89.8 Å². The average Bonchev–Trinajstić information content (AvgIpc) is 3.27. The molecule has 3 aromatic rings. The van der Waals surface area contributed by atoms with Crippen LogP contribution >= 0.6 is 0 Å². The molecule has 144 valence electrons. The quantitative estimate of drug-likeness (QED) is 0.557. The number of furan rings is 1. The summed E-state index contributed by atoms with van der Waals surface area (Å²) in [7, 11) is 0. The molecule has 0 saturated heterocycles. The predicted molar refractivity (Wildman–Crippen MR) is 104 cm³/mol. The Kier molecular flexibility index (Phi) is 6.67. The fourth-order valence-electron chi connectivity index (χ4n) is 2.31. The lowest BCUT2D eigenvalue weighted by atomic mass is 10.3. The van der Waals surface area contributed by atoms with Crippen molar-refractivity contribution in [3.63, 3.8) is 0 Å². The van der Waals surface area contributed by atoms with Crippen LogP contribution in [0.1, 0.15) is 10.6 Å². The molecule has 0 spiro atoms.